The molecule has 2 atom stereocenters. The van der Waals surface area contributed by atoms with E-state index in [9.17, 15) is 14.7 Å². The van der Waals surface area contributed by atoms with E-state index in [1.165, 1.54) is 17.3 Å². The van der Waals surface area contributed by atoms with Crippen molar-refractivity contribution >= 4 is 23.6 Å². The zero-order valence-corrected chi connectivity index (χ0v) is 14.9. The Bertz CT molecular complexity index is 745. The van der Waals surface area contributed by atoms with Crippen LogP contribution in [0.3, 0.4) is 0 Å². The zero-order chi connectivity index (χ0) is 17.8. The van der Waals surface area contributed by atoms with Crippen molar-refractivity contribution in [3.63, 3.8) is 0 Å². The summed E-state index contributed by atoms with van der Waals surface area (Å²) in [6, 6.07) is 17.7. The van der Waals surface area contributed by atoms with E-state index in [0.717, 1.165) is 10.5 Å². The Morgan fingerprint density at radius 1 is 1.08 bits per heavy atom. The molecule has 1 aliphatic heterocycles. The Labute approximate surface area is 151 Å². The van der Waals surface area contributed by atoms with Gasteiger partial charge >= 0.3 is 5.97 Å². The average Bonchev–Trinajstić information content (AvgIpc) is 3.07. The van der Waals surface area contributed by atoms with Gasteiger partial charge in [0.1, 0.15) is 0 Å². The molecule has 0 saturated carbocycles. The first-order valence-corrected chi connectivity index (χ1v) is 9.28. The highest BCUT2D eigenvalue weighted by Gasteiger charge is 2.40. The number of carboxylic acids is 1. The highest BCUT2D eigenvalue weighted by atomic mass is 32.2. The Morgan fingerprint density at radius 2 is 1.76 bits per heavy atom. The van der Waals surface area contributed by atoms with Gasteiger partial charge in [0.2, 0.25) is 5.91 Å². The van der Waals surface area contributed by atoms with Gasteiger partial charge in [-0.1, -0.05) is 48.0 Å². The number of hydrogen-bond acceptors (Lipinski definition) is 3. The third-order valence-corrected chi connectivity index (χ3v) is 5.60. The lowest BCUT2D eigenvalue weighted by Gasteiger charge is -2.16. The molecule has 1 amide bonds. The molecule has 0 aliphatic carbocycles. The molecule has 0 spiro atoms. The second-order valence-corrected chi connectivity index (χ2v) is 7.41. The Morgan fingerprint density at radius 3 is 2.40 bits per heavy atom. The number of aryl methyl sites for hydroxylation is 1. The van der Waals surface area contributed by atoms with Crippen LogP contribution in [0, 0.1) is 12.8 Å². The minimum Gasteiger partial charge on any atom is -0.481 e. The number of aliphatic carboxylic acids is 1. The fourth-order valence-electron chi connectivity index (χ4n) is 3.17. The molecule has 2 aromatic carbocycles. The molecule has 130 valence electrons. The fraction of sp³-hybridized carbons (Fsp3) is 0.300. The standard InChI is InChI=1S/C20H21NO3S/c1-14-7-9-16(10-8-14)25-13-19(22)21-11-17(18(12-21)20(23)24)15-5-3-2-4-6-15/h2-10,17-18H,11-13H2,1H3,(H,23,24). The first-order valence-electron chi connectivity index (χ1n) is 8.29. The van der Waals surface area contributed by atoms with Crippen LogP contribution in [-0.4, -0.2) is 40.7 Å². The van der Waals surface area contributed by atoms with E-state index in [1.54, 1.807) is 4.90 Å². The van der Waals surface area contributed by atoms with E-state index in [1.807, 2.05) is 61.5 Å². The number of carbonyl (C=O) groups is 2. The van der Waals surface area contributed by atoms with E-state index >= 15 is 0 Å². The second-order valence-electron chi connectivity index (χ2n) is 6.36. The van der Waals surface area contributed by atoms with Crippen molar-refractivity contribution in [3.05, 3.63) is 65.7 Å². The molecule has 0 bridgehead atoms. The first kappa shape index (κ1) is 17.5. The molecule has 3 rings (SSSR count). The van der Waals surface area contributed by atoms with Crippen LogP contribution in [0.25, 0.3) is 0 Å². The lowest BCUT2D eigenvalue weighted by atomic mass is 9.89. The molecular formula is C20H21NO3S. The Hall–Kier alpha value is -2.27. The molecule has 5 heteroatoms. The minimum absolute atomic E-state index is 0.00439. The van der Waals surface area contributed by atoms with Crippen molar-refractivity contribution in [2.45, 2.75) is 17.7 Å². The van der Waals surface area contributed by atoms with Gasteiger partial charge in [-0.15, -0.1) is 11.8 Å². The molecule has 4 nitrogen and oxygen atoms in total. The van der Waals surface area contributed by atoms with Gasteiger partial charge in [-0.05, 0) is 24.6 Å². The number of hydrogen-bond donors (Lipinski definition) is 1. The summed E-state index contributed by atoms with van der Waals surface area (Å²) in [5.74, 6) is -1.20. The van der Waals surface area contributed by atoms with Gasteiger partial charge in [-0.2, -0.15) is 0 Å². The number of carboxylic acid groups (broad SMARTS) is 1. The van der Waals surface area contributed by atoms with Crippen molar-refractivity contribution in [2.75, 3.05) is 18.8 Å². The SMILES string of the molecule is Cc1ccc(SCC(=O)N2CC(C(=O)O)C(c3ccccc3)C2)cc1. The summed E-state index contributed by atoms with van der Waals surface area (Å²) in [6.45, 7) is 2.77. The summed E-state index contributed by atoms with van der Waals surface area (Å²) >= 11 is 1.49. The minimum atomic E-state index is -0.838. The van der Waals surface area contributed by atoms with Crippen LogP contribution in [0.15, 0.2) is 59.5 Å². The van der Waals surface area contributed by atoms with Crippen LogP contribution in [0.5, 0.6) is 0 Å². The van der Waals surface area contributed by atoms with Crippen molar-refractivity contribution in [2.24, 2.45) is 5.92 Å². The molecular weight excluding hydrogens is 334 g/mol. The molecule has 1 saturated heterocycles. The summed E-state index contributed by atoms with van der Waals surface area (Å²) < 4.78 is 0. The predicted octanol–water partition coefficient (Wildman–Crippen LogP) is 3.41. The van der Waals surface area contributed by atoms with E-state index in [0.29, 0.717) is 12.3 Å². The Kier molecular flexibility index (Phi) is 5.43. The van der Waals surface area contributed by atoms with Gasteiger partial charge in [0.05, 0.1) is 11.7 Å². The van der Waals surface area contributed by atoms with Gasteiger partial charge < -0.3 is 10.0 Å². The molecule has 2 aromatic rings. The lowest BCUT2D eigenvalue weighted by Crippen LogP contribution is -2.31. The van der Waals surface area contributed by atoms with Gasteiger partial charge in [0.15, 0.2) is 0 Å². The third-order valence-electron chi connectivity index (χ3n) is 4.60. The van der Waals surface area contributed by atoms with Gasteiger partial charge in [0.25, 0.3) is 0 Å². The predicted molar refractivity (Wildman–Crippen MR) is 98.8 cm³/mol. The number of amides is 1. The zero-order valence-electron chi connectivity index (χ0n) is 14.1. The summed E-state index contributed by atoms with van der Waals surface area (Å²) in [7, 11) is 0. The average molecular weight is 355 g/mol. The first-order chi connectivity index (χ1) is 12.0. The van der Waals surface area contributed by atoms with E-state index < -0.39 is 11.9 Å². The molecule has 0 aromatic heterocycles. The smallest absolute Gasteiger partial charge is 0.308 e. The van der Waals surface area contributed by atoms with Crippen LogP contribution in [-0.2, 0) is 9.59 Å². The molecule has 1 fully saturated rings. The van der Waals surface area contributed by atoms with E-state index in [2.05, 4.69) is 0 Å². The number of benzene rings is 2. The van der Waals surface area contributed by atoms with Crippen LogP contribution < -0.4 is 0 Å². The lowest BCUT2D eigenvalue weighted by molar-refractivity contribution is -0.141. The maximum absolute atomic E-state index is 12.5. The molecule has 25 heavy (non-hydrogen) atoms. The Balaban J connectivity index is 1.65. The topological polar surface area (TPSA) is 57.6 Å². The highest BCUT2D eigenvalue weighted by Crippen LogP contribution is 2.33. The highest BCUT2D eigenvalue weighted by molar-refractivity contribution is 8.00. The van der Waals surface area contributed by atoms with E-state index in [4.69, 9.17) is 0 Å². The number of likely N-dealkylation sites (tertiary alicyclic amines) is 1. The molecule has 0 radical (unpaired) electrons. The summed E-state index contributed by atoms with van der Waals surface area (Å²) in [5.41, 5.74) is 2.17. The summed E-state index contributed by atoms with van der Waals surface area (Å²) in [4.78, 5) is 26.9. The molecule has 1 heterocycles. The quantitative estimate of drug-likeness (QED) is 0.835. The van der Waals surface area contributed by atoms with Crippen molar-refractivity contribution in [1.82, 2.24) is 4.90 Å². The van der Waals surface area contributed by atoms with Crippen molar-refractivity contribution in [1.29, 1.82) is 0 Å². The van der Waals surface area contributed by atoms with Crippen LogP contribution >= 0.6 is 11.8 Å². The normalized spacial score (nSPS) is 19.8. The summed E-state index contributed by atoms with van der Waals surface area (Å²) in [5, 5.41) is 9.54. The van der Waals surface area contributed by atoms with Crippen LogP contribution in [0.4, 0.5) is 0 Å². The fourth-order valence-corrected chi connectivity index (χ4v) is 3.97. The third kappa shape index (κ3) is 4.23. The van der Waals surface area contributed by atoms with Crippen LogP contribution in [0.1, 0.15) is 17.0 Å². The number of carbonyl (C=O) groups excluding carboxylic acids is 1. The monoisotopic (exact) mass is 355 g/mol. The maximum atomic E-state index is 12.5. The second kappa shape index (κ2) is 7.74. The van der Waals surface area contributed by atoms with Crippen molar-refractivity contribution < 1.29 is 14.7 Å². The van der Waals surface area contributed by atoms with E-state index in [-0.39, 0.29) is 18.4 Å². The molecule has 1 aliphatic rings. The maximum Gasteiger partial charge on any atom is 0.308 e. The van der Waals surface area contributed by atoms with Crippen LogP contribution in [0.2, 0.25) is 0 Å². The van der Waals surface area contributed by atoms with Crippen molar-refractivity contribution in [3.8, 4) is 0 Å². The molecule has 1 N–H and O–H groups in total. The van der Waals surface area contributed by atoms with Gasteiger partial charge in [-0.25, -0.2) is 0 Å². The van der Waals surface area contributed by atoms with Gasteiger partial charge in [-0.3, -0.25) is 9.59 Å². The number of nitrogens with zero attached hydrogens (tertiary/aromatic N) is 1. The van der Waals surface area contributed by atoms with Gasteiger partial charge in [0, 0.05) is 23.9 Å². The molecule has 2 unspecified atom stereocenters. The number of rotatable bonds is 5. The summed E-state index contributed by atoms with van der Waals surface area (Å²) in [6.07, 6.45) is 0. The largest absolute Gasteiger partial charge is 0.481 e. The number of thioether (sulfide) groups is 1.